The number of aromatic amines is 1. The Morgan fingerprint density at radius 1 is 1.24 bits per heavy atom. The van der Waals surface area contributed by atoms with Gasteiger partial charge in [0, 0.05) is 29.7 Å². The van der Waals surface area contributed by atoms with E-state index in [-0.39, 0.29) is 0 Å². The van der Waals surface area contributed by atoms with Gasteiger partial charge in [0.1, 0.15) is 0 Å². The highest BCUT2D eigenvalue weighted by molar-refractivity contribution is 5.86. The Kier molecular flexibility index (Phi) is 2.41. The van der Waals surface area contributed by atoms with Crippen LogP contribution in [0.1, 0.15) is 12.5 Å². The lowest BCUT2D eigenvalue weighted by Gasteiger charge is -2.08. The number of nitrogens with zero attached hydrogens (tertiary/aromatic N) is 1. The molecule has 0 aliphatic rings. The Hall–Kier alpha value is -2.09. The molecular formula is C15H14N2. The molecule has 2 heterocycles. The molecule has 1 N–H and O–H groups in total. The second kappa shape index (κ2) is 4.06. The molecule has 0 atom stereocenters. The summed E-state index contributed by atoms with van der Waals surface area (Å²) in [7, 11) is 0. The van der Waals surface area contributed by atoms with Crippen molar-refractivity contribution >= 4 is 10.9 Å². The molecule has 0 saturated heterocycles. The largest absolute Gasteiger partial charge is 0.361 e. The van der Waals surface area contributed by atoms with Crippen molar-refractivity contribution in [3.8, 4) is 11.1 Å². The van der Waals surface area contributed by atoms with Crippen LogP contribution in [0.3, 0.4) is 0 Å². The molecule has 17 heavy (non-hydrogen) atoms. The lowest BCUT2D eigenvalue weighted by Crippen LogP contribution is -1.88. The Bertz CT molecular complexity index is 638. The first kappa shape index (κ1) is 10.1. The Balaban J connectivity index is 2.26. The molecule has 0 fully saturated rings. The molecule has 2 heteroatoms. The van der Waals surface area contributed by atoms with E-state index in [0.29, 0.717) is 0 Å². The van der Waals surface area contributed by atoms with E-state index in [0.717, 1.165) is 6.42 Å². The van der Waals surface area contributed by atoms with Crippen molar-refractivity contribution in [1.29, 1.82) is 0 Å². The molecule has 2 aromatic heterocycles. The highest BCUT2D eigenvalue weighted by Crippen LogP contribution is 2.28. The quantitative estimate of drug-likeness (QED) is 0.702. The van der Waals surface area contributed by atoms with Crippen LogP contribution in [0, 0.1) is 0 Å². The van der Waals surface area contributed by atoms with Gasteiger partial charge in [-0.25, -0.2) is 0 Å². The highest BCUT2D eigenvalue weighted by atomic mass is 14.7. The van der Waals surface area contributed by atoms with Gasteiger partial charge < -0.3 is 4.98 Å². The van der Waals surface area contributed by atoms with E-state index in [4.69, 9.17) is 0 Å². The molecule has 0 amide bonds. The summed E-state index contributed by atoms with van der Waals surface area (Å²) in [6, 6.07) is 10.7. The zero-order valence-electron chi connectivity index (χ0n) is 9.77. The van der Waals surface area contributed by atoms with E-state index in [2.05, 4.69) is 41.2 Å². The summed E-state index contributed by atoms with van der Waals surface area (Å²) < 4.78 is 0. The minimum atomic E-state index is 1.03. The molecule has 0 aliphatic heterocycles. The molecule has 0 aliphatic carbocycles. The van der Waals surface area contributed by atoms with E-state index in [9.17, 15) is 0 Å². The zero-order valence-corrected chi connectivity index (χ0v) is 9.77. The monoisotopic (exact) mass is 222 g/mol. The average Bonchev–Trinajstić information content (AvgIpc) is 2.85. The number of aryl methyl sites for hydroxylation is 1. The van der Waals surface area contributed by atoms with Crippen molar-refractivity contribution in [3.63, 3.8) is 0 Å². The summed E-state index contributed by atoms with van der Waals surface area (Å²) in [5, 5.41) is 1.25. The smallest absolute Gasteiger partial charge is 0.0457 e. The normalized spacial score (nSPS) is 10.9. The predicted octanol–water partition coefficient (Wildman–Crippen LogP) is 3.79. The van der Waals surface area contributed by atoms with Gasteiger partial charge in [0.2, 0.25) is 0 Å². The summed E-state index contributed by atoms with van der Waals surface area (Å²) in [5.74, 6) is 0. The first-order valence-corrected chi connectivity index (χ1v) is 5.89. The zero-order chi connectivity index (χ0) is 11.7. The molecule has 0 saturated carbocycles. The summed E-state index contributed by atoms with van der Waals surface area (Å²) in [6.07, 6.45) is 6.74. The molecule has 0 unspecified atom stereocenters. The van der Waals surface area contributed by atoms with Gasteiger partial charge in [0.05, 0.1) is 0 Å². The first-order chi connectivity index (χ1) is 8.38. The fraction of sp³-hybridized carbons (Fsp3) is 0.133. The van der Waals surface area contributed by atoms with Crippen LogP contribution in [0.4, 0.5) is 0 Å². The summed E-state index contributed by atoms with van der Waals surface area (Å²) in [6.45, 7) is 2.18. The van der Waals surface area contributed by atoms with Gasteiger partial charge in [-0.1, -0.05) is 13.0 Å². The number of benzene rings is 1. The number of pyridine rings is 1. The van der Waals surface area contributed by atoms with Crippen molar-refractivity contribution in [3.05, 3.63) is 54.5 Å². The van der Waals surface area contributed by atoms with Crippen LogP contribution in [0.5, 0.6) is 0 Å². The third kappa shape index (κ3) is 1.72. The fourth-order valence-electron chi connectivity index (χ4n) is 2.23. The molecule has 3 aromatic rings. The maximum absolute atomic E-state index is 4.20. The topological polar surface area (TPSA) is 28.7 Å². The van der Waals surface area contributed by atoms with E-state index in [1.165, 1.54) is 27.6 Å². The van der Waals surface area contributed by atoms with Crippen molar-refractivity contribution < 1.29 is 0 Å². The van der Waals surface area contributed by atoms with Crippen LogP contribution in [0.15, 0.2) is 48.9 Å². The molecule has 84 valence electrons. The molecular weight excluding hydrogens is 208 g/mol. The third-order valence-electron chi connectivity index (χ3n) is 3.13. The minimum absolute atomic E-state index is 1.03. The lowest BCUT2D eigenvalue weighted by atomic mass is 9.97. The maximum Gasteiger partial charge on any atom is 0.0457 e. The number of H-pyrrole nitrogens is 1. The van der Waals surface area contributed by atoms with Crippen molar-refractivity contribution in [1.82, 2.24) is 9.97 Å². The minimum Gasteiger partial charge on any atom is -0.361 e. The van der Waals surface area contributed by atoms with Crippen LogP contribution in [-0.4, -0.2) is 9.97 Å². The van der Waals surface area contributed by atoms with Crippen LogP contribution in [0.2, 0.25) is 0 Å². The number of aromatic nitrogens is 2. The number of fused-ring (bicyclic) bond motifs is 1. The van der Waals surface area contributed by atoms with Gasteiger partial charge in [0.15, 0.2) is 0 Å². The van der Waals surface area contributed by atoms with Crippen molar-refractivity contribution in [2.24, 2.45) is 0 Å². The first-order valence-electron chi connectivity index (χ1n) is 5.89. The molecule has 2 nitrogen and oxygen atoms in total. The highest BCUT2D eigenvalue weighted by Gasteiger charge is 2.06. The predicted molar refractivity (Wildman–Crippen MR) is 70.9 cm³/mol. The van der Waals surface area contributed by atoms with E-state index in [1.807, 2.05) is 24.7 Å². The standard InChI is InChI=1S/C15H14N2/c1-2-11-9-15-12(5-7-17-15)8-14(11)13-4-3-6-16-10-13/h3-10,17H,2H2,1H3. The van der Waals surface area contributed by atoms with E-state index >= 15 is 0 Å². The summed E-state index contributed by atoms with van der Waals surface area (Å²) in [5.41, 5.74) is 5.03. The maximum atomic E-state index is 4.20. The molecule has 0 radical (unpaired) electrons. The van der Waals surface area contributed by atoms with Crippen LogP contribution < -0.4 is 0 Å². The molecule has 3 rings (SSSR count). The average molecular weight is 222 g/mol. The van der Waals surface area contributed by atoms with Crippen LogP contribution in [-0.2, 0) is 6.42 Å². The SMILES string of the molecule is CCc1cc2[nH]ccc2cc1-c1cccnc1. The van der Waals surface area contributed by atoms with E-state index < -0.39 is 0 Å². The number of rotatable bonds is 2. The summed E-state index contributed by atoms with van der Waals surface area (Å²) >= 11 is 0. The van der Waals surface area contributed by atoms with Gasteiger partial charge >= 0.3 is 0 Å². The molecule has 0 spiro atoms. The van der Waals surface area contributed by atoms with Gasteiger partial charge in [-0.3, -0.25) is 4.98 Å². The Labute approximate surface area is 100 Å². The van der Waals surface area contributed by atoms with Crippen molar-refractivity contribution in [2.75, 3.05) is 0 Å². The van der Waals surface area contributed by atoms with Gasteiger partial charge in [0.25, 0.3) is 0 Å². The second-order valence-electron chi connectivity index (χ2n) is 4.17. The van der Waals surface area contributed by atoms with Crippen LogP contribution in [0.25, 0.3) is 22.0 Å². The van der Waals surface area contributed by atoms with Gasteiger partial charge in [-0.15, -0.1) is 0 Å². The third-order valence-corrected chi connectivity index (χ3v) is 3.13. The van der Waals surface area contributed by atoms with Crippen molar-refractivity contribution in [2.45, 2.75) is 13.3 Å². The molecule has 1 aromatic carbocycles. The summed E-state index contributed by atoms with van der Waals surface area (Å²) in [4.78, 5) is 7.45. The lowest BCUT2D eigenvalue weighted by molar-refractivity contribution is 1.14. The molecule has 0 bridgehead atoms. The second-order valence-corrected chi connectivity index (χ2v) is 4.17. The fourth-order valence-corrected chi connectivity index (χ4v) is 2.23. The Morgan fingerprint density at radius 2 is 2.18 bits per heavy atom. The Morgan fingerprint density at radius 3 is 2.94 bits per heavy atom. The van der Waals surface area contributed by atoms with Gasteiger partial charge in [-0.2, -0.15) is 0 Å². The number of hydrogen-bond acceptors (Lipinski definition) is 1. The number of hydrogen-bond donors (Lipinski definition) is 1. The van der Waals surface area contributed by atoms with Gasteiger partial charge in [-0.05, 0) is 47.2 Å². The van der Waals surface area contributed by atoms with E-state index in [1.54, 1.807) is 0 Å². The number of nitrogens with one attached hydrogen (secondary N) is 1. The van der Waals surface area contributed by atoms with Crippen LogP contribution >= 0.6 is 0 Å².